The Kier molecular flexibility index (Phi) is 4.20. The molecule has 1 aliphatic rings. The molecule has 2 aromatic rings. The summed E-state index contributed by atoms with van der Waals surface area (Å²) in [5.74, 6) is 0. The van der Waals surface area contributed by atoms with E-state index in [0.717, 1.165) is 31.7 Å². The van der Waals surface area contributed by atoms with E-state index in [9.17, 15) is 0 Å². The number of hydrogen-bond donors (Lipinski definition) is 0. The zero-order valence-electron chi connectivity index (χ0n) is 12.4. The van der Waals surface area contributed by atoms with Crippen molar-refractivity contribution in [2.75, 3.05) is 31.1 Å². The Morgan fingerprint density at radius 3 is 2.19 bits per heavy atom. The van der Waals surface area contributed by atoms with Crippen molar-refractivity contribution in [3.63, 3.8) is 0 Å². The molecule has 0 unspecified atom stereocenters. The molecule has 0 aliphatic carbocycles. The summed E-state index contributed by atoms with van der Waals surface area (Å²) in [6, 6.07) is 19.1. The number of hydrogen-bond acceptors (Lipinski definition) is 3. The predicted molar refractivity (Wildman–Crippen MR) is 89.0 cm³/mol. The molecular formula is C18H21N3. The van der Waals surface area contributed by atoms with Crippen LogP contribution in [-0.2, 0) is 0 Å². The van der Waals surface area contributed by atoms with Gasteiger partial charge in [0, 0.05) is 18.8 Å². The van der Waals surface area contributed by atoms with Gasteiger partial charge in [0.15, 0.2) is 0 Å². The van der Waals surface area contributed by atoms with E-state index in [1.807, 2.05) is 6.21 Å². The molecule has 21 heavy (non-hydrogen) atoms. The summed E-state index contributed by atoms with van der Waals surface area (Å²) in [6.45, 7) is 6.09. The third-order valence-corrected chi connectivity index (χ3v) is 3.82. The molecule has 3 nitrogen and oxygen atoms in total. The van der Waals surface area contributed by atoms with Gasteiger partial charge in [-0.05, 0) is 24.6 Å². The van der Waals surface area contributed by atoms with E-state index < -0.39 is 0 Å². The van der Waals surface area contributed by atoms with Gasteiger partial charge in [0.1, 0.15) is 0 Å². The number of para-hydroxylation sites is 1. The second kappa shape index (κ2) is 6.44. The van der Waals surface area contributed by atoms with Crippen molar-refractivity contribution in [2.24, 2.45) is 5.10 Å². The minimum Gasteiger partial charge on any atom is -0.368 e. The van der Waals surface area contributed by atoms with Crippen molar-refractivity contribution in [3.05, 3.63) is 65.7 Å². The number of benzene rings is 2. The van der Waals surface area contributed by atoms with Gasteiger partial charge in [-0.1, -0.05) is 48.0 Å². The van der Waals surface area contributed by atoms with Crippen LogP contribution in [0.3, 0.4) is 0 Å². The topological polar surface area (TPSA) is 18.8 Å². The summed E-state index contributed by atoms with van der Waals surface area (Å²) >= 11 is 0. The molecule has 1 heterocycles. The van der Waals surface area contributed by atoms with Crippen LogP contribution >= 0.6 is 0 Å². The maximum atomic E-state index is 4.59. The molecule has 1 aliphatic heterocycles. The van der Waals surface area contributed by atoms with E-state index >= 15 is 0 Å². The van der Waals surface area contributed by atoms with Crippen molar-refractivity contribution < 1.29 is 0 Å². The van der Waals surface area contributed by atoms with Gasteiger partial charge in [-0.25, -0.2) is 0 Å². The lowest BCUT2D eigenvalue weighted by molar-refractivity contribution is 0.272. The highest BCUT2D eigenvalue weighted by Crippen LogP contribution is 2.15. The largest absolute Gasteiger partial charge is 0.368 e. The molecule has 0 spiro atoms. The zero-order valence-corrected chi connectivity index (χ0v) is 12.4. The molecule has 0 atom stereocenters. The quantitative estimate of drug-likeness (QED) is 0.804. The van der Waals surface area contributed by atoms with Crippen LogP contribution in [0.1, 0.15) is 11.1 Å². The lowest BCUT2D eigenvalue weighted by Gasteiger charge is -2.34. The van der Waals surface area contributed by atoms with E-state index in [-0.39, 0.29) is 0 Å². The normalized spacial score (nSPS) is 15.7. The Bertz CT molecular complexity index is 582. The second-order valence-electron chi connectivity index (χ2n) is 5.43. The lowest BCUT2D eigenvalue weighted by Crippen LogP contribution is -2.44. The second-order valence-corrected chi connectivity index (χ2v) is 5.43. The van der Waals surface area contributed by atoms with E-state index in [4.69, 9.17) is 0 Å². The van der Waals surface area contributed by atoms with Gasteiger partial charge in [0.25, 0.3) is 0 Å². The molecule has 3 rings (SSSR count). The number of rotatable bonds is 3. The number of nitrogens with zero attached hydrogens (tertiary/aromatic N) is 3. The third-order valence-electron chi connectivity index (χ3n) is 3.82. The van der Waals surface area contributed by atoms with E-state index in [1.165, 1.54) is 11.3 Å². The van der Waals surface area contributed by atoms with Crippen LogP contribution in [0.4, 0.5) is 5.69 Å². The van der Waals surface area contributed by atoms with E-state index in [2.05, 4.69) is 76.5 Å². The average Bonchev–Trinajstić information content (AvgIpc) is 2.56. The standard InChI is InChI=1S/C18H21N3/c1-16-7-9-17(10-8-16)15-19-21-13-11-20(12-14-21)18-5-3-2-4-6-18/h2-10,15H,11-14H2,1H3/b19-15-. The summed E-state index contributed by atoms with van der Waals surface area (Å²) in [5, 5.41) is 6.74. The van der Waals surface area contributed by atoms with E-state index in [0.29, 0.717) is 0 Å². The number of hydrazone groups is 1. The average molecular weight is 279 g/mol. The first-order chi connectivity index (χ1) is 10.3. The van der Waals surface area contributed by atoms with Crippen LogP contribution in [0.25, 0.3) is 0 Å². The molecule has 0 radical (unpaired) electrons. The highest BCUT2D eigenvalue weighted by Gasteiger charge is 2.15. The summed E-state index contributed by atoms with van der Waals surface area (Å²) < 4.78 is 0. The fourth-order valence-corrected chi connectivity index (χ4v) is 2.51. The smallest absolute Gasteiger partial charge is 0.0542 e. The molecule has 108 valence electrons. The molecule has 0 N–H and O–H groups in total. The van der Waals surface area contributed by atoms with Crippen molar-refractivity contribution in [1.82, 2.24) is 5.01 Å². The summed E-state index contributed by atoms with van der Waals surface area (Å²) in [6.07, 6.45) is 1.96. The monoisotopic (exact) mass is 279 g/mol. The van der Waals surface area contributed by atoms with E-state index in [1.54, 1.807) is 0 Å². The molecule has 0 aromatic heterocycles. The van der Waals surface area contributed by atoms with Gasteiger partial charge in [-0.15, -0.1) is 0 Å². The Balaban J connectivity index is 1.55. The number of anilines is 1. The molecule has 3 heteroatoms. The first-order valence-electron chi connectivity index (χ1n) is 7.47. The van der Waals surface area contributed by atoms with Crippen LogP contribution in [0.5, 0.6) is 0 Å². The molecule has 0 amide bonds. The van der Waals surface area contributed by atoms with Gasteiger partial charge in [-0.2, -0.15) is 5.10 Å². The summed E-state index contributed by atoms with van der Waals surface area (Å²) in [7, 11) is 0. The van der Waals surface area contributed by atoms with Gasteiger partial charge in [0.05, 0.1) is 19.3 Å². The maximum absolute atomic E-state index is 4.59. The maximum Gasteiger partial charge on any atom is 0.0542 e. The Labute approximate surface area is 126 Å². The highest BCUT2D eigenvalue weighted by atomic mass is 15.5. The van der Waals surface area contributed by atoms with Crippen LogP contribution < -0.4 is 4.90 Å². The van der Waals surface area contributed by atoms with Gasteiger partial charge in [-0.3, -0.25) is 5.01 Å². The van der Waals surface area contributed by atoms with Gasteiger partial charge >= 0.3 is 0 Å². The SMILES string of the molecule is Cc1ccc(/C=N\N2CCN(c3ccccc3)CC2)cc1. The minimum atomic E-state index is 0.969. The summed E-state index contributed by atoms with van der Waals surface area (Å²) in [5.41, 5.74) is 3.74. The minimum absolute atomic E-state index is 0.969. The van der Waals surface area contributed by atoms with Crippen LogP contribution in [0.15, 0.2) is 59.7 Å². The Hall–Kier alpha value is -2.29. The van der Waals surface area contributed by atoms with Gasteiger partial charge in [0.2, 0.25) is 0 Å². The molecule has 1 saturated heterocycles. The van der Waals surface area contributed by atoms with Crippen molar-refractivity contribution >= 4 is 11.9 Å². The number of piperazine rings is 1. The third kappa shape index (κ3) is 3.63. The molecule has 0 bridgehead atoms. The lowest BCUT2D eigenvalue weighted by atomic mass is 10.2. The first-order valence-corrected chi connectivity index (χ1v) is 7.47. The van der Waals surface area contributed by atoms with Crippen molar-refractivity contribution in [1.29, 1.82) is 0 Å². The highest BCUT2D eigenvalue weighted by molar-refractivity contribution is 5.79. The van der Waals surface area contributed by atoms with Crippen LogP contribution in [-0.4, -0.2) is 37.4 Å². The number of aryl methyl sites for hydroxylation is 1. The van der Waals surface area contributed by atoms with Crippen molar-refractivity contribution in [3.8, 4) is 0 Å². The first kappa shape index (κ1) is 13.7. The molecule has 1 fully saturated rings. The molecule has 2 aromatic carbocycles. The van der Waals surface area contributed by atoms with Crippen molar-refractivity contribution in [2.45, 2.75) is 6.92 Å². The molecule has 0 saturated carbocycles. The predicted octanol–water partition coefficient (Wildman–Crippen LogP) is 3.15. The summed E-state index contributed by atoms with van der Waals surface area (Å²) in [4.78, 5) is 2.41. The Morgan fingerprint density at radius 2 is 1.52 bits per heavy atom. The molecular weight excluding hydrogens is 258 g/mol. The Morgan fingerprint density at radius 1 is 0.857 bits per heavy atom. The fraction of sp³-hybridized carbons (Fsp3) is 0.278. The van der Waals surface area contributed by atoms with Crippen LogP contribution in [0.2, 0.25) is 0 Å². The fourth-order valence-electron chi connectivity index (χ4n) is 2.51. The van der Waals surface area contributed by atoms with Gasteiger partial charge < -0.3 is 4.90 Å². The van der Waals surface area contributed by atoms with Crippen LogP contribution in [0, 0.1) is 6.92 Å². The zero-order chi connectivity index (χ0) is 14.5.